The van der Waals surface area contributed by atoms with E-state index < -0.39 is 6.04 Å². The summed E-state index contributed by atoms with van der Waals surface area (Å²) in [4.78, 5) is 30.9. The van der Waals surface area contributed by atoms with Crippen LogP contribution in [0.25, 0.3) is 0 Å². The topological polar surface area (TPSA) is 61.9 Å². The van der Waals surface area contributed by atoms with Crippen molar-refractivity contribution in [3.63, 3.8) is 0 Å². The molecule has 1 aliphatic heterocycles. The van der Waals surface area contributed by atoms with Crippen LogP contribution < -0.4 is 10.1 Å². The number of nitrogens with one attached hydrogen (secondary N) is 1. The van der Waals surface area contributed by atoms with Gasteiger partial charge < -0.3 is 15.0 Å². The highest BCUT2D eigenvalue weighted by Gasteiger charge is 2.29. The number of carbonyl (C=O) groups is 2. The van der Waals surface area contributed by atoms with Crippen LogP contribution in [0.5, 0.6) is 5.75 Å². The van der Waals surface area contributed by atoms with Gasteiger partial charge in [0.15, 0.2) is 0 Å². The van der Waals surface area contributed by atoms with Gasteiger partial charge in [0.2, 0.25) is 5.91 Å². The lowest BCUT2D eigenvalue weighted by molar-refractivity contribution is -0.135. The molecule has 1 aromatic heterocycles. The van der Waals surface area contributed by atoms with E-state index in [1.165, 1.54) is 11.3 Å². The molecule has 7 heteroatoms. The van der Waals surface area contributed by atoms with E-state index in [0.717, 1.165) is 30.9 Å². The average molecular weight is 464 g/mol. The minimum Gasteiger partial charge on any atom is -0.492 e. The maximum Gasteiger partial charge on any atom is 0.262 e. The summed E-state index contributed by atoms with van der Waals surface area (Å²) in [5.41, 5.74) is 1.03. The summed E-state index contributed by atoms with van der Waals surface area (Å²) in [6.45, 7) is 4.31. The largest absolute Gasteiger partial charge is 0.492 e. The number of ether oxygens (including phenoxy) is 1. The second-order valence-electron chi connectivity index (χ2n) is 8.02. The molecule has 172 valence electrons. The number of nitrogens with zero attached hydrogens (tertiary/aromatic N) is 2. The molecule has 4 rings (SSSR count). The van der Waals surface area contributed by atoms with Crippen LogP contribution in [0, 0.1) is 0 Å². The fourth-order valence-corrected chi connectivity index (χ4v) is 4.54. The van der Waals surface area contributed by atoms with Crippen molar-refractivity contribution in [2.45, 2.75) is 12.5 Å². The van der Waals surface area contributed by atoms with E-state index in [9.17, 15) is 9.59 Å². The summed E-state index contributed by atoms with van der Waals surface area (Å²) in [6, 6.07) is 22.7. The van der Waals surface area contributed by atoms with Gasteiger partial charge in [-0.15, -0.1) is 11.3 Å². The first-order chi connectivity index (χ1) is 16.2. The smallest absolute Gasteiger partial charge is 0.262 e. The number of carbonyl (C=O) groups excluding carboxylic acids is 2. The Morgan fingerprint density at radius 3 is 2.27 bits per heavy atom. The molecule has 1 atom stereocenters. The molecule has 0 unspecified atom stereocenters. The van der Waals surface area contributed by atoms with Crippen molar-refractivity contribution in [2.75, 3.05) is 39.3 Å². The van der Waals surface area contributed by atoms with Crippen LogP contribution in [0.1, 0.15) is 15.2 Å². The lowest BCUT2D eigenvalue weighted by atomic mass is 10.0. The molecule has 1 fully saturated rings. The predicted molar refractivity (Wildman–Crippen MR) is 131 cm³/mol. The summed E-state index contributed by atoms with van der Waals surface area (Å²) in [6.07, 6.45) is 0.474. The molecule has 6 nitrogen and oxygen atoms in total. The second kappa shape index (κ2) is 11.6. The molecule has 2 aromatic carbocycles. The fourth-order valence-electron chi connectivity index (χ4n) is 3.91. The van der Waals surface area contributed by atoms with Gasteiger partial charge in [-0.25, -0.2) is 0 Å². The predicted octanol–water partition coefficient (Wildman–Crippen LogP) is 3.31. The zero-order chi connectivity index (χ0) is 22.9. The fraction of sp³-hybridized carbons (Fsp3) is 0.308. The molecule has 0 saturated carbocycles. The molecule has 1 N–H and O–H groups in total. The summed E-state index contributed by atoms with van der Waals surface area (Å²) >= 11 is 1.38. The number of para-hydroxylation sites is 1. The van der Waals surface area contributed by atoms with Gasteiger partial charge in [-0.2, -0.15) is 0 Å². The quantitative estimate of drug-likeness (QED) is 0.529. The van der Waals surface area contributed by atoms with Crippen LogP contribution in [-0.2, 0) is 11.2 Å². The minimum atomic E-state index is -0.588. The van der Waals surface area contributed by atoms with Gasteiger partial charge in [0.1, 0.15) is 18.4 Å². The molecule has 0 spiro atoms. The summed E-state index contributed by atoms with van der Waals surface area (Å²) in [5.74, 6) is 0.650. The van der Waals surface area contributed by atoms with E-state index in [2.05, 4.69) is 10.2 Å². The minimum absolute atomic E-state index is 0.0241. The number of piperazine rings is 1. The van der Waals surface area contributed by atoms with E-state index in [0.29, 0.717) is 31.0 Å². The first-order valence-corrected chi connectivity index (χ1v) is 12.1. The molecule has 33 heavy (non-hydrogen) atoms. The Hall–Kier alpha value is -3.16. The molecular formula is C26H29N3O3S. The first-order valence-electron chi connectivity index (χ1n) is 11.3. The number of hydrogen-bond donors (Lipinski definition) is 1. The van der Waals surface area contributed by atoms with Crippen molar-refractivity contribution < 1.29 is 14.3 Å². The number of amides is 2. The summed E-state index contributed by atoms with van der Waals surface area (Å²) in [5, 5.41) is 4.84. The van der Waals surface area contributed by atoms with Crippen LogP contribution >= 0.6 is 11.3 Å². The van der Waals surface area contributed by atoms with Gasteiger partial charge in [-0.05, 0) is 29.1 Å². The van der Waals surface area contributed by atoms with E-state index in [-0.39, 0.29) is 11.8 Å². The molecule has 0 radical (unpaired) electrons. The second-order valence-corrected chi connectivity index (χ2v) is 8.97. The van der Waals surface area contributed by atoms with Crippen molar-refractivity contribution in [1.29, 1.82) is 0 Å². The van der Waals surface area contributed by atoms with Crippen LogP contribution in [0.15, 0.2) is 78.2 Å². The molecule has 2 amide bonds. The van der Waals surface area contributed by atoms with Gasteiger partial charge in [0, 0.05) is 39.1 Å². The Labute approximate surface area is 198 Å². The highest BCUT2D eigenvalue weighted by molar-refractivity contribution is 7.12. The maximum atomic E-state index is 13.4. The highest BCUT2D eigenvalue weighted by Crippen LogP contribution is 2.13. The Balaban J connectivity index is 1.31. The molecule has 0 aliphatic carbocycles. The number of benzene rings is 2. The molecular weight excluding hydrogens is 434 g/mol. The number of thiophene rings is 1. The lowest BCUT2D eigenvalue weighted by Crippen LogP contribution is -2.55. The number of hydrogen-bond acceptors (Lipinski definition) is 5. The standard InChI is InChI=1S/C26H29N3O3S/c30-25(24-12-7-19-33-24)27-23(20-21-8-3-1-4-9-21)26(31)29-15-13-28(14-16-29)17-18-32-22-10-5-2-6-11-22/h1-12,19,23H,13-18,20H2,(H,27,30)/t23-/m0/s1. The van der Waals surface area contributed by atoms with Crippen molar-refractivity contribution in [3.05, 3.63) is 88.6 Å². The van der Waals surface area contributed by atoms with Gasteiger partial charge in [-0.1, -0.05) is 54.6 Å². The Bertz CT molecular complexity index is 1000. The van der Waals surface area contributed by atoms with Crippen LogP contribution in [0.4, 0.5) is 0 Å². The Kier molecular flexibility index (Phi) is 8.11. The number of rotatable bonds is 9. The van der Waals surface area contributed by atoms with Crippen molar-refractivity contribution >= 4 is 23.2 Å². The highest BCUT2D eigenvalue weighted by atomic mass is 32.1. The van der Waals surface area contributed by atoms with Crippen LogP contribution in [-0.4, -0.2) is 67.0 Å². The van der Waals surface area contributed by atoms with Crippen LogP contribution in [0.2, 0.25) is 0 Å². The summed E-state index contributed by atoms with van der Waals surface area (Å²) in [7, 11) is 0. The SMILES string of the molecule is O=C(N[C@@H](Cc1ccccc1)C(=O)N1CCN(CCOc2ccccc2)CC1)c1cccs1. The van der Waals surface area contributed by atoms with Crippen molar-refractivity contribution in [1.82, 2.24) is 15.1 Å². The third-order valence-electron chi connectivity index (χ3n) is 5.73. The van der Waals surface area contributed by atoms with Gasteiger partial charge in [-0.3, -0.25) is 14.5 Å². The van der Waals surface area contributed by atoms with Gasteiger partial charge in [0.05, 0.1) is 4.88 Å². The van der Waals surface area contributed by atoms with Gasteiger partial charge in [0.25, 0.3) is 5.91 Å². The Morgan fingerprint density at radius 2 is 1.61 bits per heavy atom. The van der Waals surface area contributed by atoms with E-state index >= 15 is 0 Å². The third-order valence-corrected chi connectivity index (χ3v) is 6.60. The van der Waals surface area contributed by atoms with Gasteiger partial charge >= 0.3 is 0 Å². The lowest BCUT2D eigenvalue weighted by Gasteiger charge is -2.36. The molecule has 0 bridgehead atoms. The third kappa shape index (κ3) is 6.66. The summed E-state index contributed by atoms with van der Waals surface area (Å²) < 4.78 is 5.80. The molecule has 1 aliphatic rings. The maximum absolute atomic E-state index is 13.4. The van der Waals surface area contributed by atoms with E-state index in [1.807, 2.05) is 77.0 Å². The van der Waals surface area contributed by atoms with E-state index in [4.69, 9.17) is 4.74 Å². The average Bonchev–Trinajstić information content (AvgIpc) is 3.40. The normalized spacial score (nSPS) is 15.1. The van der Waals surface area contributed by atoms with Crippen LogP contribution in [0.3, 0.4) is 0 Å². The zero-order valence-corrected chi connectivity index (χ0v) is 19.4. The molecule has 3 aromatic rings. The molecule has 2 heterocycles. The Morgan fingerprint density at radius 1 is 0.909 bits per heavy atom. The monoisotopic (exact) mass is 463 g/mol. The molecule has 1 saturated heterocycles. The van der Waals surface area contributed by atoms with Crippen molar-refractivity contribution in [3.8, 4) is 5.75 Å². The van der Waals surface area contributed by atoms with E-state index in [1.54, 1.807) is 6.07 Å². The van der Waals surface area contributed by atoms with Crippen molar-refractivity contribution in [2.24, 2.45) is 0 Å². The zero-order valence-electron chi connectivity index (χ0n) is 18.6. The first kappa shape index (κ1) is 23.0.